The van der Waals surface area contributed by atoms with E-state index >= 15 is 0 Å². The van der Waals surface area contributed by atoms with Gasteiger partial charge in [-0.2, -0.15) is 5.26 Å². The van der Waals surface area contributed by atoms with E-state index in [1.165, 1.54) is 0 Å². The monoisotopic (exact) mass is 167 g/mol. The molecule has 0 saturated carbocycles. The summed E-state index contributed by atoms with van der Waals surface area (Å²) in [5, 5.41) is 8.91. The molecule has 13 heavy (non-hydrogen) atoms. The number of nitriles is 1. The van der Waals surface area contributed by atoms with Crippen molar-refractivity contribution in [3.63, 3.8) is 0 Å². The minimum Gasteiger partial charge on any atom is -0.192 e. The van der Waals surface area contributed by atoms with E-state index in [0.29, 0.717) is 0 Å². The molecular formula is C12H9N. The summed E-state index contributed by atoms with van der Waals surface area (Å²) in [7, 11) is 0. The SMILES string of the molecule is N#CC1=C2C=CC=CC2C=CC=C1. The summed E-state index contributed by atoms with van der Waals surface area (Å²) in [5.74, 6) is 0.273. The molecule has 2 aliphatic rings. The first-order valence-corrected chi connectivity index (χ1v) is 4.26. The lowest BCUT2D eigenvalue weighted by atomic mass is 9.91. The van der Waals surface area contributed by atoms with Gasteiger partial charge >= 0.3 is 0 Å². The van der Waals surface area contributed by atoms with Crippen LogP contribution in [-0.4, -0.2) is 0 Å². The van der Waals surface area contributed by atoms with Crippen LogP contribution in [-0.2, 0) is 0 Å². The van der Waals surface area contributed by atoms with E-state index in [2.05, 4.69) is 18.2 Å². The molecule has 62 valence electrons. The van der Waals surface area contributed by atoms with Crippen molar-refractivity contribution in [3.05, 3.63) is 59.8 Å². The Balaban J connectivity index is 2.54. The summed E-state index contributed by atoms with van der Waals surface area (Å²) in [6, 6.07) is 2.21. The third-order valence-electron chi connectivity index (χ3n) is 2.19. The molecule has 0 aliphatic heterocycles. The molecule has 0 spiro atoms. The van der Waals surface area contributed by atoms with Crippen molar-refractivity contribution in [3.8, 4) is 6.07 Å². The molecule has 0 bridgehead atoms. The van der Waals surface area contributed by atoms with E-state index in [-0.39, 0.29) is 5.92 Å². The molecule has 1 atom stereocenters. The van der Waals surface area contributed by atoms with Crippen LogP contribution >= 0.6 is 0 Å². The molecular weight excluding hydrogens is 158 g/mol. The maximum absolute atomic E-state index is 8.91. The van der Waals surface area contributed by atoms with E-state index in [0.717, 1.165) is 11.1 Å². The second-order valence-electron chi connectivity index (χ2n) is 2.99. The molecule has 2 aliphatic carbocycles. The first kappa shape index (κ1) is 7.82. The Labute approximate surface area is 77.7 Å². The van der Waals surface area contributed by atoms with Gasteiger partial charge in [-0.25, -0.2) is 0 Å². The normalized spacial score (nSPS) is 24.1. The van der Waals surface area contributed by atoms with Crippen LogP contribution in [0.4, 0.5) is 0 Å². The molecule has 0 heterocycles. The predicted octanol–water partition coefficient (Wildman–Crippen LogP) is 2.67. The van der Waals surface area contributed by atoms with Crippen molar-refractivity contribution in [2.45, 2.75) is 0 Å². The molecule has 0 N–H and O–H groups in total. The van der Waals surface area contributed by atoms with Gasteiger partial charge in [-0.15, -0.1) is 0 Å². The smallest absolute Gasteiger partial charge is 0.0994 e. The van der Waals surface area contributed by atoms with Gasteiger partial charge in [0, 0.05) is 5.92 Å². The van der Waals surface area contributed by atoms with Crippen LogP contribution in [0.1, 0.15) is 0 Å². The quantitative estimate of drug-likeness (QED) is 0.544. The lowest BCUT2D eigenvalue weighted by Crippen LogP contribution is -1.99. The average Bonchev–Trinajstić information content (AvgIpc) is 2.39. The van der Waals surface area contributed by atoms with Gasteiger partial charge in [0.15, 0.2) is 0 Å². The Bertz CT molecular complexity index is 397. The highest BCUT2D eigenvalue weighted by atomic mass is 14.3. The molecule has 0 amide bonds. The molecule has 0 saturated heterocycles. The molecule has 1 unspecified atom stereocenters. The van der Waals surface area contributed by atoms with Gasteiger partial charge in [0.05, 0.1) is 11.6 Å². The van der Waals surface area contributed by atoms with E-state index in [4.69, 9.17) is 5.26 Å². The molecule has 0 fully saturated rings. The number of allylic oxidation sites excluding steroid dienone is 10. The highest BCUT2D eigenvalue weighted by molar-refractivity contribution is 5.51. The number of fused-ring (bicyclic) bond motifs is 1. The number of hydrogen-bond donors (Lipinski definition) is 0. The van der Waals surface area contributed by atoms with Crippen LogP contribution in [0.25, 0.3) is 0 Å². The van der Waals surface area contributed by atoms with Gasteiger partial charge in [0.2, 0.25) is 0 Å². The lowest BCUT2D eigenvalue weighted by molar-refractivity contribution is 0.989. The first-order chi connectivity index (χ1) is 6.42. The third kappa shape index (κ3) is 1.39. The van der Waals surface area contributed by atoms with Gasteiger partial charge in [-0.05, 0) is 11.6 Å². The first-order valence-electron chi connectivity index (χ1n) is 4.26. The van der Waals surface area contributed by atoms with Gasteiger partial charge in [0.1, 0.15) is 0 Å². The number of rotatable bonds is 0. The number of nitrogens with zero attached hydrogens (tertiary/aromatic N) is 1. The fraction of sp³-hybridized carbons (Fsp3) is 0.0833. The van der Waals surface area contributed by atoms with Crippen molar-refractivity contribution in [1.29, 1.82) is 5.26 Å². The lowest BCUT2D eigenvalue weighted by Gasteiger charge is -2.12. The molecule has 2 rings (SSSR count). The predicted molar refractivity (Wildman–Crippen MR) is 52.7 cm³/mol. The molecule has 0 aromatic heterocycles. The standard InChI is InChI=1S/C12H9N/c13-9-11-7-2-1-5-10-6-3-4-8-12(10)11/h1-8,10H. The van der Waals surface area contributed by atoms with Crippen LogP contribution in [0.2, 0.25) is 0 Å². The van der Waals surface area contributed by atoms with E-state index in [1.54, 1.807) is 0 Å². The summed E-state index contributed by atoms with van der Waals surface area (Å²) in [6.45, 7) is 0. The molecule has 1 heteroatoms. The molecule has 0 radical (unpaired) electrons. The fourth-order valence-corrected chi connectivity index (χ4v) is 1.53. The minimum absolute atomic E-state index is 0.273. The largest absolute Gasteiger partial charge is 0.192 e. The van der Waals surface area contributed by atoms with Gasteiger partial charge in [-0.1, -0.05) is 42.5 Å². The van der Waals surface area contributed by atoms with Crippen molar-refractivity contribution in [2.75, 3.05) is 0 Å². The van der Waals surface area contributed by atoms with Gasteiger partial charge in [-0.3, -0.25) is 0 Å². The van der Waals surface area contributed by atoms with E-state index < -0.39 is 0 Å². The van der Waals surface area contributed by atoms with Crippen molar-refractivity contribution >= 4 is 0 Å². The second-order valence-corrected chi connectivity index (χ2v) is 2.99. The topological polar surface area (TPSA) is 23.8 Å². The van der Waals surface area contributed by atoms with Gasteiger partial charge in [0.25, 0.3) is 0 Å². The average molecular weight is 167 g/mol. The highest BCUT2D eigenvalue weighted by Gasteiger charge is 2.12. The van der Waals surface area contributed by atoms with Crippen LogP contribution < -0.4 is 0 Å². The van der Waals surface area contributed by atoms with Gasteiger partial charge < -0.3 is 0 Å². The Hall–Kier alpha value is -1.81. The highest BCUT2D eigenvalue weighted by Crippen LogP contribution is 2.25. The third-order valence-corrected chi connectivity index (χ3v) is 2.19. The minimum atomic E-state index is 0.273. The Kier molecular flexibility index (Phi) is 1.97. The zero-order chi connectivity index (χ0) is 9.10. The summed E-state index contributed by atoms with van der Waals surface area (Å²) < 4.78 is 0. The Morgan fingerprint density at radius 1 is 1.00 bits per heavy atom. The number of hydrogen-bond acceptors (Lipinski definition) is 1. The zero-order valence-corrected chi connectivity index (χ0v) is 7.14. The van der Waals surface area contributed by atoms with E-state index in [9.17, 15) is 0 Å². The second kappa shape index (κ2) is 3.28. The van der Waals surface area contributed by atoms with Crippen LogP contribution in [0.15, 0.2) is 59.8 Å². The molecule has 1 nitrogen and oxygen atoms in total. The molecule has 0 aromatic carbocycles. The van der Waals surface area contributed by atoms with Crippen LogP contribution in [0.5, 0.6) is 0 Å². The van der Waals surface area contributed by atoms with Crippen molar-refractivity contribution in [1.82, 2.24) is 0 Å². The Morgan fingerprint density at radius 2 is 1.69 bits per heavy atom. The summed E-state index contributed by atoms with van der Waals surface area (Å²) >= 11 is 0. The van der Waals surface area contributed by atoms with Crippen molar-refractivity contribution in [2.24, 2.45) is 5.92 Å². The maximum Gasteiger partial charge on any atom is 0.0994 e. The fourth-order valence-electron chi connectivity index (χ4n) is 1.53. The summed E-state index contributed by atoms with van der Waals surface area (Å²) in [4.78, 5) is 0. The van der Waals surface area contributed by atoms with E-state index in [1.807, 2.05) is 36.5 Å². The van der Waals surface area contributed by atoms with Crippen molar-refractivity contribution < 1.29 is 0 Å². The Morgan fingerprint density at radius 3 is 2.38 bits per heavy atom. The maximum atomic E-state index is 8.91. The summed E-state index contributed by atoms with van der Waals surface area (Å²) in [5.41, 5.74) is 1.85. The summed E-state index contributed by atoms with van der Waals surface area (Å²) in [6.07, 6.45) is 15.9. The van der Waals surface area contributed by atoms with Crippen LogP contribution in [0, 0.1) is 17.2 Å². The van der Waals surface area contributed by atoms with Crippen LogP contribution in [0.3, 0.4) is 0 Å². The zero-order valence-electron chi connectivity index (χ0n) is 7.14. The molecule has 0 aromatic rings.